The molecular formula is C8H16N2O. The number of carbonyl (C=O) groups is 1. The monoisotopic (exact) mass is 156 g/mol. The number of β-lactam (4-membered cyclic amide) rings is 1. The van der Waals surface area contributed by atoms with Gasteiger partial charge in [-0.3, -0.25) is 4.79 Å². The Hall–Kier alpha value is -0.570. The third-order valence-corrected chi connectivity index (χ3v) is 3.07. The minimum absolute atomic E-state index is 0.0446. The molecule has 2 N–H and O–H groups in total. The number of carbonyl (C=O) groups excluding carboxylic acids is 1. The fourth-order valence-corrected chi connectivity index (χ4v) is 1.96. The zero-order chi connectivity index (χ0) is 8.65. The highest BCUT2D eigenvalue weighted by atomic mass is 16.2. The van der Waals surface area contributed by atoms with Crippen LogP contribution < -0.4 is 5.73 Å². The molecule has 0 aromatic heterocycles. The summed E-state index contributed by atoms with van der Waals surface area (Å²) in [6.07, 6.45) is 1.90. The summed E-state index contributed by atoms with van der Waals surface area (Å²) in [6, 6.07) is -0.262. The van der Waals surface area contributed by atoms with Crippen LogP contribution in [0.3, 0.4) is 0 Å². The summed E-state index contributed by atoms with van der Waals surface area (Å²) < 4.78 is 0. The third kappa shape index (κ3) is 0.805. The molecule has 3 heteroatoms. The van der Waals surface area contributed by atoms with Gasteiger partial charge < -0.3 is 10.6 Å². The molecule has 1 heterocycles. The Kier molecular flexibility index (Phi) is 1.92. The Bertz CT molecular complexity index is 161. The van der Waals surface area contributed by atoms with E-state index in [9.17, 15) is 4.79 Å². The summed E-state index contributed by atoms with van der Waals surface area (Å²) in [5, 5.41) is 0. The van der Waals surface area contributed by atoms with Crippen LogP contribution >= 0.6 is 0 Å². The molecule has 1 atom stereocenters. The Morgan fingerprint density at radius 3 is 2.18 bits per heavy atom. The van der Waals surface area contributed by atoms with E-state index in [0.29, 0.717) is 0 Å². The lowest BCUT2D eigenvalue weighted by Crippen LogP contribution is -2.75. The molecule has 11 heavy (non-hydrogen) atoms. The van der Waals surface area contributed by atoms with Crippen LogP contribution in [0.1, 0.15) is 26.7 Å². The Balaban J connectivity index is 2.78. The molecule has 0 spiro atoms. The highest BCUT2D eigenvalue weighted by molar-refractivity contribution is 5.90. The van der Waals surface area contributed by atoms with Gasteiger partial charge >= 0.3 is 0 Å². The smallest absolute Gasteiger partial charge is 0.242 e. The van der Waals surface area contributed by atoms with E-state index in [0.717, 1.165) is 12.8 Å². The summed E-state index contributed by atoms with van der Waals surface area (Å²) in [6.45, 7) is 4.15. The van der Waals surface area contributed by atoms with Crippen LogP contribution in [-0.4, -0.2) is 29.4 Å². The topological polar surface area (TPSA) is 46.3 Å². The summed E-state index contributed by atoms with van der Waals surface area (Å²) in [5.74, 6) is 0.0775. The van der Waals surface area contributed by atoms with Crippen molar-refractivity contribution in [1.82, 2.24) is 4.90 Å². The van der Waals surface area contributed by atoms with Crippen molar-refractivity contribution in [2.45, 2.75) is 38.3 Å². The van der Waals surface area contributed by atoms with E-state index in [1.54, 1.807) is 4.90 Å². The maximum absolute atomic E-state index is 11.1. The van der Waals surface area contributed by atoms with E-state index in [-0.39, 0.29) is 17.5 Å². The van der Waals surface area contributed by atoms with E-state index < -0.39 is 0 Å². The highest BCUT2D eigenvalue weighted by Crippen LogP contribution is 2.35. The van der Waals surface area contributed by atoms with Crippen molar-refractivity contribution in [3.63, 3.8) is 0 Å². The number of likely N-dealkylation sites (N-methyl/N-ethyl adjacent to an activating group) is 1. The first-order valence-corrected chi connectivity index (χ1v) is 4.13. The molecule has 1 saturated heterocycles. The van der Waals surface area contributed by atoms with Gasteiger partial charge in [0.2, 0.25) is 5.91 Å². The van der Waals surface area contributed by atoms with E-state index >= 15 is 0 Å². The van der Waals surface area contributed by atoms with Crippen molar-refractivity contribution < 1.29 is 4.79 Å². The maximum atomic E-state index is 11.1. The Labute approximate surface area is 67.5 Å². The van der Waals surface area contributed by atoms with Crippen LogP contribution in [0.2, 0.25) is 0 Å². The second kappa shape index (κ2) is 2.48. The molecule has 0 aliphatic carbocycles. The number of hydrogen-bond donors (Lipinski definition) is 1. The van der Waals surface area contributed by atoms with Crippen molar-refractivity contribution in [3.05, 3.63) is 0 Å². The maximum Gasteiger partial charge on any atom is 0.242 e. The van der Waals surface area contributed by atoms with Crippen LogP contribution in [0.15, 0.2) is 0 Å². The number of nitrogens with two attached hydrogens (primary N) is 1. The summed E-state index contributed by atoms with van der Waals surface area (Å²) in [5.41, 5.74) is 5.68. The summed E-state index contributed by atoms with van der Waals surface area (Å²) in [4.78, 5) is 12.9. The fraction of sp³-hybridized carbons (Fsp3) is 0.875. The SMILES string of the molecule is CCC1(CC)[C@@H](N)C(=O)N1C. The summed E-state index contributed by atoms with van der Waals surface area (Å²) in [7, 11) is 1.83. The molecule has 64 valence electrons. The number of likely N-dealkylation sites (tertiary alicyclic amines) is 1. The van der Waals surface area contributed by atoms with Crippen LogP contribution in [0, 0.1) is 0 Å². The van der Waals surface area contributed by atoms with E-state index in [1.165, 1.54) is 0 Å². The molecule has 0 bridgehead atoms. The largest absolute Gasteiger partial charge is 0.337 e. The lowest BCUT2D eigenvalue weighted by atomic mass is 9.75. The van der Waals surface area contributed by atoms with Crippen molar-refractivity contribution >= 4 is 5.91 Å². The Morgan fingerprint density at radius 2 is 2.00 bits per heavy atom. The van der Waals surface area contributed by atoms with E-state index in [4.69, 9.17) is 5.73 Å². The van der Waals surface area contributed by atoms with Crippen LogP contribution in [0.5, 0.6) is 0 Å². The molecule has 0 unspecified atom stereocenters. The molecule has 0 aromatic rings. The van der Waals surface area contributed by atoms with Crippen molar-refractivity contribution in [1.29, 1.82) is 0 Å². The standard InChI is InChI=1S/C8H16N2O/c1-4-8(5-2)6(9)7(11)10(8)3/h6H,4-5,9H2,1-3H3/t6-/m0/s1. The summed E-state index contributed by atoms with van der Waals surface area (Å²) >= 11 is 0. The third-order valence-electron chi connectivity index (χ3n) is 3.07. The van der Waals surface area contributed by atoms with E-state index in [1.807, 2.05) is 7.05 Å². The molecule has 0 radical (unpaired) electrons. The molecule has 3 nitrogen and oxygen atoms in total. The molecule has 1 aliphatic heterocycles. The molecule has 0 saturated carbocycles. The van der Waals surface area contributed by atoms with Crippen LogP contribution in [0.4, 0.5) is 0 Å². The number of rotatable bonds is 2. The predicted molar refractivity (Wildman–Crippen MR) is 44.1 cm³/mol. The predicted octanol–water partition coefficient (Wildman–Crippen LogP) is 0.344. The van der Waals surface area contributed by atoms with Crippen LogP contribution in [-0.2, 0) is 4.79 Å². The van der Waals surface area contributed by atoms with Gasteiger partial charge in [0.1, 0.15) is 6.04 Å². The van der Waals surface area contributed by atoms with Gasteiger partial charge in [-0.2, -0.15) is 0 Å². The Morgan fingerprint density at radius 1 is 1.55 bits per heavy atom. The number of hydrogen-bond acceptors (Lipinski definition) is 2. The zero-order valence-electron chi connectivity index (χ0n) is 7.42. The minimum atomic E-state index is -0.262. The lowest BCUT2D eigenvalue weighted by Gasteiger charge is -2.54. The second-order valence-electron chi connectivity index (χ2n) is 3.19. The quantitative estimate of drug-likeness (QED) is 0.586. The van der Waals surface area contributed by atoms with Gasteiger partial charge in [-0.1, -0.05) is 13.8 Å². The second-order valence-corrected chi connectivity index (χ2v) is 3.19. The van der Waals surface area contributed by atoms with Gasteiger partial charge in [-0.05, 0) is 12.8 Å². The first-order valence-electron chi connectivity index (χ1n) is 4.13. The number of nitrogens with zero attached hydrogens (tertiary/aromatic N) is 1. The molecule has 1 aliphatic rings. The first kappa shape index (κ1) is 8.53. The normalized spacial score (nSPS) is 28.5. The lowest BCUT2D eigenvalue weighted by molar-refractivity contribution is -0.158. The van der Waals surface area contributed by atoms with Crippen LogP contribution in [0.25, 0.3) is 0 Å². The molecule has 1 rings (SSSR count). The van der Waals surface area contributed by atoms with Gasteiger partial charge in [0.15, 0.2) is 0 Å². The van der Waals surface area contributed by atoms with Crippen molar-refractivity contribution in [3.8, 4) is 0 Å². The molecular weight excluding hydrogens is 140 g/mol. The average molecular weight is 156 g/mol. The average Bonchev–Trinajstić information content (AvgIpc) is 2.06. The van der Waals surface area contributed by atoms with Gasteiger partial charge in [0, 0.05) is 7.05 Å². The first-order chi connectivity index (χ1) is 5.10. The van der Waals surface area contributed by atoms with Gasteiger partial charge in [0.25, 0.3) is 0 Å². The zero-order valence-corrected chi connectivity index (χ0v) is 7.42. The minimum Gasteiger partial charge on any atom is -0.337 e. The fourth-order valence-electron chi connectivity index (χ4n) is 1.96. The molecule has 1 amide bonds. The highest BCUT2D eigenvalue weighted by Gasteiger charge is 2.53. The molecule has 1 fully saturated rings. The van der Waals surface area contributed by atoms with E-state index in [2.05, 4.69) is 13.8 Å². The van der Waals surface area contributed by atoms with Gasteiger partial charge in [-0.25, -0.2) is 0 Å². The molecule has 0 aromatic carbocycles. The number of amides is 1. The van der Waals surface area contributed by atoms with Gasteiger partial charge in [-0.15, -0.1) is 0 Å². The van der Waals surface area contributed by atoms with Crippen molar-refractivity contribution in [2.24, 2.45) is 5.73 Å². The van der Waals surface area contributed by atoms with Crippen molar-refractivity contribution in [2.75, 3.05) is 7.05 Å². The van der Waals surface area contributed by atoms with Gasteiger partial charge in [0.05, 0.1) is 5.54 Å².